The van der Waals surface area contributed by atoms with Crippen LogP contribution in [0.2, 0.25) is 0 Å². The van der Waals surface area contributed by atoms with Crippen molar-refractivity contribution >= 4 is 16.7 Å². The molecule has 37 heavy (non-hydrogen) atoms. The van der Waals surface area contributed by atoms with Gasteiger partial charge in [-0.15, -0.1) is 0 Å². The number of nitrogens with zero attached hydrogens (tertiary/aromatic N) is 4. The van der Waals surface area contributed by atoms with Gasteiger partial charge in [0.25, 0.3) is 5.56 Å². The summed E-state index contributed by atoms with van der Waals surface area (Å²) in [5.41, 5.74) is 3.85. The summed E-state index contributed by atoms with van der Waals surface area (Å²) in [6.07, 6.45) is 10.3. The smallest absolute Gasteiger partial charge is 0.277 e. The van der Waals surface area contributed by atoms with Gasteiger partial charge in [-0.3, -0.25) is 9.48 Å². The molecule has 1 saturated carbocycles. The number of aromatic nitrogens is 4. The fourth-order valence-corrected chi connectivity index (χ4v) is 5.83. The zero-order valence-electron chi connectivity index (χ0n) is 22.6. The molecule has 0 bridgehead atoms. The van der Waals surface area contributed by atoms with Crippen molar-refractivity contribution in [3.8, 4) is 17.1 Å². The average Bonchev–Trinajstić information content (AvgIpc) is 3.28. The number of nitrogens with one attached hydrogen (secondary N) is 1. The van der Waals surface area contributed by atoms with Gasteiger partial charge in [0.05, 0.1) is 24.4 Å². The van der Waals surface area contributed by atoms with Crippen molar-refractivity contribution in [3.05, 3.63) is 34.2 Å². The van der Waals surface area contributed by atoms with Gasteiger partial charge in [-0.2, -0.15) is 5.10 Å². The topological polar surface area (TPSA) is 85.3 Å². The summed E-state index contributed by atoms with van der Waals surface area (Å²) in [4.78, 5) is 23.6. The largest absolute Gasteiger partial charge is 0.496 e. The summed E-state index contributed by atoms with van der Waals surface area (Å²) < 4.78 is 13.6. The molecule has 1 aromatic carbocycles. The summed E-state index contributed by atoms with van der Waals surface area (Å²) in [5.74, 6) is 1.87. The number of aromatic amines is 1. The molecule has 5 rings (SSSR count). The first-order valence-electron chi connectivity index (χ1n) is 14.1. The van der Waals surface area contributed by atoms with E-state index < -0.39 is 0 Å². The van der Waals surface area contributed by atoms with Crippen LogP contribution in [0.4, 0.5) is 5.69 Å². The molecule has 0 unspecified atom stereocenters. The maximum absolute atomic E-state index is 13.3. The Balaban J connectivity index is 1.35. The highest BCUT2D eigenvalue weighted by molar-refractivity contribution is 5.80. The number of H-pyrrole nitrogens is 1. The molecule has 8 nitrogen and oxygen atoms in total. The van der Waals surface area contributed by atoms with E-state index in [1.807, 2.05) is 17.7 Å². The molecule has 1 N–H and O–H groups in total. The highest BCUT2D eigenvalue weighted by Crippen LogP contribution is 2.35. The van der Waals surface area contributed by atoms with Gasteiger partial charge >= 0.3 is 0 Å². The lowest BCUT2D eigenvalue weighted by Gasteiger charge is -2.33. The van der Waals surface area contributed by atoms with E-state index in [0.717, 1.165) is 75.4 Å². The fraction of sp³-hybridized carbons (Fsp3) is 0.621. The molecule has 2 fully saturated rings. The lowest BCUT2D eigenvalue weighted by atomic mass is 9.95. The van der Waals surface area contributed by atoms with Gasteiger partial charge in [-0.25, -0.2) is 4.98 Å². The van der Waals surface area contributed by atoms with E-state index in [-0.39, 0.29) is 11.6 Å². The minimum absolute atomic E-state index is 0.138. The van der Waals surface area contributed by atoms with Crippen molar-refractivity contribution in [2.24, 2.45) is 5.92 Å². The summed E-state index contributed by atoms with van der Waals surface area (Å²) in [6, 6.07) is 6.47. The first-order chi connectivity index (χ1) is 18.1. The van der Waals surface area contributed by atoms with E-state index in [9.17, 15) is 4.79 Å². The summed E-state index contributed by atoms with van der Waals surface area (Å²) in [7, 11) is 1.67. The molecule has 1 aliphatic heterocycles. The second-order valence-electron chi connectivity index (χ2n) is 10.7. The number of methoxy groups -OCH3 is 1. The fourth-order valence-electron chi connectivity index (χ4n) is 5.83. The van der Waals surface area contributed by atoms with Crippen molar-refractivity contribution < 1.29 is 9.47 Å². The molecule has 2 aromatic heterocycles. The molecule has 0 atom stereocenters. The molecule has 0 amide bonds. The van der Waals surface area contributed by atoms with Crippen molar-refractivity contribution in [2.45, 2.75) is 77.7 Å². The minimum Gasteiger partial charge on any atom is -0.496 e. The number of hydrogen-bond acceptors (Lipinski definition) is 6. The van der Waals surface area contributed by atoms with Crippen molar-refractivity contribution in [1.82, 2.24) is 19.7 Å². The van der Waals surface area contributed by atoms with E-state index in [2.05, 4.69) is 28.9 Å². The van der Waals surface area contributed by atoms with Crippen LogP contribution in [0.5, 0.6) is 5.75 Å². The first-order valence-corrected chi connectivity index (χ1v) is 14.1. The molecule has 0 spiro atoms. The van der Waals surface area contributed by atoms with Crippen LogP contribution in [0.25, 0.3) is 22.4 Å². The number of ether oxygens (including phenoxy) is 2. The summed E-state index contributed by atoms with van der Waals surface area (Å²) in [6.45, 7) is 7.89. The minimum atomic E-state index is -0.138. The quantitative estimate of drug-likeness (QED) is 0.377. The van der Waals surface area contributed by atoms with Gasteiger partial charge in [-0.05, 0) is 57.1 Å². The monoisotopic (exact) mass is 507 g/mol. The molecule has 0 radical (unpaired) electrons. The van der Waals surface area contributed by atoms with Crippen LogP contribution in [0.3, 0.4) is 0 Å². The van der Waals surface area contributed by atoms with Crippen molar-refractivity contribution in [2.75, 3.05) is 38.3 Å². The van der Waals surface area contributed by atoms with Gasteiger partial charge in [-0.1, -0.05) is 32.6 Å². The maximum Gasteiger partial charge on any atom is 0.277 e. The van der Waals surface area contributed by atoms with E-state index in [0.29, 0.717) is 28.5 Å². The van der Waals surface area contributed by atoms with E-state index in [4.69, 9.17) is 19.6 Å². The third-order valence-electron chi connectivity index (χ3n) is 8.06. The third kappa shape index (κ3) is 5.54. The average molecular weight is 508 g/mol. The lowest BCUT2D eigenvalue weighted by molar-refractivity contribution is 0.0883. The number of benzene rings is 1. The van der Waals surface area contributed by atoms with Crippen LogP contribution < -0.4 is 15.2 Å². The van der Waals surface area contributed by atoms with Crippen LogP contribution in [-0.4, -0.2) is 53.2 Å². The molecule has 1 saturated heterocycles. The van der Waals surface area contributed by atoms with Gasteiger partial charge in [0.2, 0.25) is 0 Å². The number of anilines is 1. The second kappa shape index (κ2) is 11.7. The zero-order chi connectivity index (χ0) is 25.8. The van der Waals surface area contributed by atoms with Crippen LogP contribution in [-0.2, 0) is 4.74 Å². The van der Waals surface area contributed by atoms with Gasteiger partial charge in [0, 0.05) is 38.1 Å². The molecular weight excluding hydrogens is 466 g/mol. The number of hydrogen-bond donors (Lipinski definition) is 1. The predicted octanol–water partition coefficient (Wildman–Crippen LogP) is 5.64. The zero-order valence-corrected chi connectivity index (χ0v) is 22.6. The predicted molar refractivity (Wildman–Crippen MR) is 148 cm³/mol. The Kier molecular flexibility index (Phi) is 8.13. The first kappa shape index (κ1) is 25.8. The molecule has 3 aromatic rings. The maximum atomic E-state index is 13.3. The molecule has 200 valence electrons. The van der Waals surface area contributed by atoms with Crippen LogP contribution in [0.1, 0.15) is 76.4 Å². The molecule has 8 heteroatoms. The van der Waals surface area contributed by atoms with Crippen LogP contribution in [0.15, 0.2) is 23.0 Å². The van der Waals surface area contributed by atoms with Crippen molar-refractivity contribution in [3.63, 3.8) is 0 Å². The Morgan fingerprint density at radius 3 is 2.62 bits per heavy atom. The number of piperidine rings is 1. The Bertz CT molecular complexity index is 1250. The number of aryl methyl sites for hydroxylation is 1. The molecule has 2 aliphatic rings. The normalized spacial score (nSPS) is 17.5. The third-order valence-corrected chi connectivity index (χ3v) is 8.06. The Morgan fingerprint density at radius 1 is 1.11 bits per heavy atom. The summed E-state index contributed by atoms with van der Waals surface area (Å²) >= 11 is 0. The van der Waals surface area contributed by atoms with E-state index in [1.165, 1.54) is 25.7 Å². The van der Waals surface area contributed by atoms with E-state index in [1.54, 1.807) is 7.11 Å². The van der Waals surface area contributed by atoms with Crippen LogP contribution in [0, 0.1) is 12.8 Å². The Labute approximate surface area is 219 Å². The standard InChI is InChI=1S/C29H41N5O3/c1-4-5-17-37-19-21-13-15-33(16-14-21)23-11-12-24(25(18-23)36-3)28-30-26-20(2)32-34(27(26)29(35)31-28)22-9-7-6-8-10-22/h11-12,18,21-22H,4-10,13-17,19H2,1-3H3,(H,30,31,35). The molecular formula is C29H41N5O3. The molecule has 1 aliphatic carbocycles. The number of unbranched alkanes of at least 4 members (excludes halogenated alkanes) is 1. The van der Waals surface area contributed by atoms with Gasteiger partial charge in [0.1, 0.15) is 17.1 Å². The van der Waals surface area contributed by atoms with E-state index >= 15 is 0 Å². The Morgan fingerprint density at radius 2 is 1.89 bits per heavy atom. The number of rotatable bonds is 9. The summed E-state index contributed by atoms with van der Waals surface area (Å²) in [5, 5.41) is 4.75. The SMILES string of the molecule is CCCCOCC1CCN(c2ccc(-c3nc4c(C)nn(C5CCCCC5)c4c(=O)[nH]3)c(OC)c2)CC1. The van der Waals surface area contributed by atoms with Crippen LogP contribution >= 0.6 is 0 Å². The van der Waals surface area contributed by atoms with Crippen molar-refractivity contribution in [1.29, 1.82) is 0 Å². The number of fused-ring (bicyclic) bond motifs is 1. The highest BCUT2D eigenvalue weighted by Gasteiger charge is 2.24. The lowest BCUT2D eigenvalue weighted by Crippen LogP contribution is -2.35. The highest BCUT2D eigenvalue weighted by atomic mass is 16.5. The van der Waals surface area contributed by atoms with Gasteiger partial charge in [0.15, 0.2) is 5.52 Å². The molecule has 3 heterocycles. The van der Waals surface area contributed by atoms with Gasteiger partial charge < -0.3 is 19.4 Å². The Hall–Kier alpha value is -2.87. The second-order valence-corrected chi connectivity index (χ2v) is 10.7.